The molecular formula is C30H28ClN3O4S. The second-order valence-corrected chi connectivity index (χ2v) is 10.3. The van der Waals surface area contributed by atoms with Crippen molar-refractivity contribution in [2.45, 2.75) is 13.0 Å². The first kappa shape index (κ1) is 26.7. The number of rotatable bonds is 7. The zero-order chi connectivity index (χ0) is 27.8. The molecule has 0 radical (unpaired) electrons. The Kier molecular flexibility index (Phi) is 7.34. The maximum Gasteiger partial charge on any atom is 0.374 e. The molecule has 0 spiro atoms. The third-order valence-corrected chi connectivity index (χ3v) is 7.50. The smallest absolute Gasteiger partial charge is 0.374 e. The van der Waals surface area contributed by atoms with E-state index in [1.54, 1.807) is 11.9 Å². The van der Waals surface area contributed by atoms with Crippen LogP contribution in [0.1, 0.15) is 12.8 Å². The van der Waals surface area contributed by atoms with Gasteiger partial charge in [-0.25, -0.2) is 0 Å². The number of nitrogens with zero attached hydrogens (tertiary/aromatic N) is 3. The highest BCUT2D eigenvalue weighted by Crippen LogP contribution is 2.39. The van der Waals surface area contributed by atoms with Crippen LogP contribution in [0.5, 0.6) is 5.75 Å². The lowest BCUT2D eigenvalue weighted by Crippen LogP contribution is -2.47. The number of oxazole rings is 1. The van der Waals surface area contributed by atoms with Gasteiger partial charge in [0.2, 0.25) is 11.5 Å². The SMILES string of the molecule is CC(/C=C1\Oc2ccc(Cl)cc2N1C)=C\c1oc2ccc(-c3ccc(N(C)C(CS)C(=O)[O-])cc3)cc2[n+]1C. The molecule has 5 rings (SSSR count). The van der Waals surface area contributed by atoms with Crippen LogP contribution in [0, 0.1) is 0 Å². The number of anilines is 2. The minimum Gasteiger partial charge on any atom is -0.548 e. The number of ether oxygens (including phenoxy) is 1. The highest BCUT2D eigenvalue weighted by molar-refractivity contribution is 7.80. The predicted molar refractivity (Wildman–Crippen MR) is 156 cm³/mol. The Morgan fingerprint density at radius 3 is 2.56 bits per heavy atom. The molecule has 39 heavy (non-hydrogen) atoms. The average molecular weight is 562 g/mol. The van der Waals surface area contributed by atoms with Crippen molar-refractivity contribution in [3.05, 3.63) is 89.1 Å². The highest BCUT2D eigenvalue weighted by atomic mass is 35.5. The molecule has 9 heteroatoms. The van der Waals surface area contributed by atoms with Crippen molar-refractivity contribution in [3.8, 4) is 16.9 Å². The second kappa shape index (κ2) is 10.7. The molecule has 4 aromatic rings. The summed E-state index contributed by atoms with van der Waals surface area (Å²) in [7, 11) is 5.63. The van der Waals surface area contributed by atoms with Crippen LogP contribution in [-0.2, 0) is 11.8 Å². The summed E-state index contributed by atoms with van der Waals surface area (Å²) in [6.45, 7) is 2.00. The molecular weight excluding hydrogens is 534 g/mol. The number of aromatic nitrogens is 1. The molecule has 1 aromatic heterocycles. The van der Waals surface area contributed by atoms with Gasteiger partial charge in [-0.2, -0.15) is 17.2 Å². The fourth-order valence-corrected chi connectivity index (χ4v) is 5.15. The number of hydrogen-bond donors (Lipinski definition) is 1. The van der Waals surface area contributed by atoms with E-state index < -0.39 is 12.0 Å². The van der Waals surface area contributed by atoms with Gasteiger partial charge in [-0.15, -0.1) is 0 Å². The number of halogens is 1. The summed E-state index contributed by atoms with van der Waals surface area (Å²) in [6, 6.07) is 18.5. The van der Waals surface area contributed by atoms with E-state index in [0.717, 1.165) is 44.9 Å². The number of fused-ring (bicyclic) bond motifs is 2. The van der Waals surface area contributed by atoms with Crippen LogP contribution in [0.25, 0.3) is 28.3 Å². The van der Waals surface area contributed by atoms with Crippen molar-refractivity contribution in [3.63, 3.8) is 0 Å². The van der Waals surface area contributed by atoms with Gasteiger partial charge >= 0.3 is 5.89 Å². The number of likely N-dealkylation sites (N-methyl/N-ethyl adjacent to an activating group) is 1. The minimum absolute atomic E-state index is 0.161. The third kappa shape index (κ3) is 5.22. The molecule has 1 aliphatic heterocycles. The molecule has 0 bridgehead atoms. The lowest BCUT2D eigenvalue weighted by Gasteiger charge is -2.29. The van der Waals surface area contributed by atoms with Gasteiger partial charge in [-0.3, -0.25) is 0 Å². The summed E-state index contributed by atoms with van der Waals surface area (Å²) in [6.07, 6.45) is 3.93. The van der Waals surface area contributed by atoms with Gasteiger partial charge in [-0.05, 0) is 60.0 Å². The fourth-order valence-electron chi connectivity index (χ4n) is 4.59. The number of benzene rings is 3. The summed E-state index contributed by atoms with van der Waals surface area (Å²) in [4.78, 5) is 15.0. The quantitative estimate of drug-likeness (QED) is 0.257. The van der Waals surface area contributed by atoms with E-state index in [4.69, 9.17) is 20.8 Å². The Morgan fingerprint density at radius 1 is 1.15 bits per heavy atom. The van der Waals surface area contributed by atoms with Crippen LogP contribution in [0.4, 0.5) is 11.4 Å². The maximum absolute atomic E-state index is 11.4. The van der Waals surface area contributed by atoms with Crippen molar-refractivity contribution >= 4 is 58.7 Å². The fraction of sp³-hybridized carbons (Fsp3) is 0.200. The Hall–Kier alpha value is -3.88. The number of aliphatic carboxylic acids is 1. The summed E-state index contributed by atoms with van der Waals surface area (Å²) >= 11 is 10.3. The van der Waals surface area contributed by atoms with Crippen molar-refractivity contribution in [1.29, 1.82) is 0 Å². The van der Waals surface area contributed by atoms with Crippen LogP contribution >= 0.6 is 24.2 Å². The third-order valence-electron chi connectivity index (χ3n) is 6.92. The highest BCUT2D eigenvalue weighted by Gasteiger charge is 2.24. The van der Waals surface area contributed by atoms with E-state index in [1.165, 1.54) is 0 Å². The first-order valence-electron chi connectivity index (χ1n) is 12.3. The molecule has 0 saturated carbocycles. The topological polar surface area (TPSA) is 72.9 Å². The number of carboxylic acid groups (broad SMARTS) is 1. The summed E-state index contributed by atoms with van der Waals surface area (Å²) < 4.78 is 14.2. The lowest BCUT2D eigenvalue weighted by molar-refractivity contribution is -0.652. The lowest BCUT2D eigenvalue weighted by atomic mass is 10.0. The van der Waals surface area contributed by atoms with Gasteiger partial charge in [0.25, 0.3) is 5.52 Å². The summed E-state index contributed by atoms with van der Waals surface area (Å²) in [5, 5.41) is 12.0. The van der Waals surface area contributed by atoms with Gasteiger partial charge < -0.3 is 28.9 Å². The molecule has 1 unspecified atom stereocenters. The molecule has 3 aromatic carbocycles. The van der Waals surface area contributed by atoms with Crippen molar-refractivity contribution in [1.82, 2.24) is 0 Å². The Balaban J connectivity index is 1.39. The van der Waals surface area contributed by atoms with Crippen LogP contribution in [-0.4, -0.2) is 31.9 Å². The normalized spacial score (nSPS) is 15.0. The minimum atomic E-state index is -1.15. The van der Waals surface area contributed by atoms with Crippen molar-refractivity contribution in [2.75, 3.05) is 29.6 Å². The van der Waals surface area contributed by atoms with Gasteiger partial charge in [0, 0.05) is 42.7 Å². The second-order valence-electron chi connectivity index (χ2n) is 9.50. The Bertz CT molecular complexity index is 1630. The van der Waals surface area contributed by atoms with Crippen molar-refractivity contribution < 1.29 is 23.6 Å². The number of hydrogen-bond acceptors (Lipinski definition) is 7. The van der Waals surface area contributed by atoms with Crippen molar-refractivity contribution in [2.24, 2.45) is 7.05 Å². The number of carboxylic acids is 1. The van der Waals surface area contributed by atoms with E-state index in [1.807, 2.05) is 97.2 Å². The molecule has 0 saturated heterocycles. The largest absolute Gasteiger partial charge is 0.548 e. The molecule has 0 aliphatic carbocycles. The number of thiol groups is 1. The van der Waals surface area contributed by atoms with E-state index in [9.17, 15) is 9.90 Å². The van der Waals surface area contributed by atoms with Crippen LogP contribution in [0.15, 0.2) is 82.6 Å². The zero-order valence-electron chi connectivity index (χ0n) is 22.0. The van der Waals surface area contributed by atoms with Gasteiger partial charge in [0.05, 0.1) is 23.8 Å². The molecule has 0 amide bonds. The predicted octanol–water partition coefficient (Wildman–Crippen LogP) is 4.84. The number of allylic oxidation sites excluding steroid dienone is 2. The molecule has 2 heterocycles. The standard InChI is InChI=1S/C30H28ClN3O4S/c1-18(14-29-34(4)24-16-21(31)8-12-27(24)38-29)13-28-33(3)23-15-20(7-11-26(23)37-28)19-5-9-22(10-6-19)32(2)25(17-39)30(35)36/h5-16,25H,17H2,1-4H3,(H-,35,36,39). The number of carbonyl (C=O) groups is 1. The number of carbonyl (C=O) groups excluding carboxylic acids is 1. The molecule has 0 fully saturated rings. The number of aryl methyl sites for hydroxylation is 1. The van der Waals surface area contributed by atoms with Gasteiger partial charge in [0.1, 0.15) is 7.05 Å². The van der Waals surface area contributed by atoms with E-state index >= 15 is 0 Å². The maximum atomic E-state index is 11.4. The molecule has 1 atom stereocenters. The van der Waals surface area contributed by atoms with Crippen LogP contribution in [0.3, 0.4) is 0 Å². The first-order chi connectivity index (χ1) is 18.7. The van der Waals surface area contributed by atoms with E-state index in [2.05, 4.69) is 18.7 Å². The molecule has 7 nitrogen and oxygen atoms in total. The summed E-state index contributed by atoms with van der Waals surface area (Å²) in [5.74, 6) is 1.19. The molecule has 0 N–H and O–H groups in total. The Labute approximate surface area is 237 Å². The Morgan fingerprint density at radius 2 is 1.87 bits per heavy atom. The van der Waals surface area contributed by atoms with Gasteiger partial charge in [0.15, 0.2) is 5.75 Å². The first-order valence-corrected chi connectivity index (χ1v) is 13.4. The van der Waals surface area contributed by atoms with Gasteiger partial charge in [-0.1, -0.05) is 29.8 Å². The molecule has 1 aliphatic rings. The van der Waals surface area contributed by atoms with Crippen LogP contribution < -0.4 is 24.2 Å². The monoisotopic (exact) mass is 561 g/mol. The average Bonchev–Trinajstić information content (AvgIpc) is 3.39. The summed E-state index contributed by atoms with van der Waals surface area (Å²) in [5.41, 5.74) is 6.40. The van der Waals surface area contributed by atoms with E-state index in [-0.39, 0.29) is 5.75 Å². The zero-order valence-corrected chi connectivity index (χ0v) is 23.7. The molecule has 200 valence electrons. The van der Waals surface area contributed by atoms with Crippen LogP contribution in [0.2, 0.25) is 5.02 Å². The van der Waals surface area contributed by atoms with E-state index in [0.29, 0.717) is 16.8 Å².